The van der Waals surface area contributed by atoms with E-state index in [1.165, 1.54) is 0 Å². The highest BCUT2D eigenvalue weighted by Crippen LogP contribution is 2.16. The molecular weight excluding hydrogens is 174 g/mol. The minimum absolute atomic E-state index is 0.0215. The van der Waals surface area contributed by atoms with Crippen LogP contribution >= 0.6 is 0 Å². The Kier molecular flexibility index (Phi) is 2.04. The maximum Gasteiger partial charge on any atom is 0.178 e. The third-order valence-electron chi connectivity index (χ3n) is 2.25. The second kappa shape index (κ2) is 3.22. The number of Topliss-reactive ketones (excluding diaryl/α,β-unsaturated/α-hetero) is 1. The second-order valence-electron chi connectivity index (χ2n) is 3.40. The Morgan fingerprint density at radius 3 is 2.71 bits per heavy atom. The molecule has 0 saturated heterocycles. The summed E-state index contributed by atoms with van der Waals surface area (Å²) in [5.74, 6) is 0.0215. The summed E-state index contributed by atoms with van der Waals surface area (Å²) in [4.78, 5) is 15.6. The van der Waals surface area contributed by atoms with Gasteiger partial charge in [0.05, 0.1) is 5.52 Å². The van der Waals surface area contributed by atoms with E-state index in [0.29, 0.717) is 5.69 Å². The van der Waals surface area contributed by atoms with Crippen LogP contribution in [0.1, 0.15) is 23.0 Å². The molecule has 0 bridgehead atoms. The van der Waals surface area contributed by atoms with Crippen LogP contribution in [0.3, 0.4) is 0 Å². The zero-order chi connectivity index (χ0) is 10.1. The van der Waals surface area contributed by atoms with Gasteiger partial charge in [-0.2, -0.15) is 0 Å². The van der Waals surface area contributed by atoms with Crippen molar-refractivity contribution in [2.75, 3.05) is 0 Å². The Hall–Kier alpha value is -1.70. The number of aryl methyl sites for hydroxylation is 1. The number of benzene rings is 1. The molecule has 0 atom stereocenters. The predicted octanol–water partition coefficient (Wildman–Crippen LogP) is 2.75. The summed E-state index contributed by atoms with van der Waals surface area (Å²) in [5, 5.41) is 1.08. The number of para-hydroxylation sites is 1. The summed E-state index contributed by atoms with van der Waals surface area (Å²) in [7, 11) is 0. The number of rotatable bonds is 1. The van der Waals surface area contributed by atoms with Gasteiger partial charge in [0.25, 0.3) is 0 Å². The molecule has 1 heterocycles. The van der Waals surface area contributed by atoms with Crippen LogP contribution in [0.25, 0.3) is 10.9 Å². The molecule has 0 N–H and O–H groups in total. The highest BCUT2D eigenvalue weighted by molar-refractivity contribution is 5.96. The van der Waals surface area contributed by atoms with E-state index in [0.717, 1.165) is 16.5 Å². The molecule has 0 amide bonds. The smallest absolute Gasteiger partial charge is 0.178 e. The molecule has 2 heteroatoms. The van der Waals surface area contributed by atoms with Gasteiger partial charge in [-0.15, -0.1) is 0 Å². The highest BCUT2D eigenvalue weighted by Gasteiger charge is 2.06. The van der Waals surface area contributed by atoms with Crippen molar-refractivity contribution in [1.82, 2.24) is 4.98 Å². The van der Waals surface area contributed by atoms with Gasteiger partial charge in [0.15, 0.2) is 5.78 Å². The molecule has 70 valence electrons. The van der Waals surface area contributed by atoms with Crippen LogP contribution < -0.4 is 0 Å². The zero-order valence-electron chi connectivity index (χ0n) is 8.24. The quantitative estimate of drug-likeness (QED) is 0.639. The Bertz CT molecular complexity index is 503. The number of pyridine rings is 1. The molecule has 2 rings (SSSR count). The third-order valence-corrected chi connectivity index (χ3v) is 2.25. The number of hydrogen-bond donors (Lipinski definition) is 0. The van der Waals surface area contributed by atoms with Crippen LogP contribution in [0.2, 0.25) is 0 Å². The number of fused-ring (bicyclic) bond motifs is 1. The number of carbonyl (C=O) groups is 1. The fraction of sp³-hybridized carbons (Fsp3) is 0.167. The molecule has 0 unspecified atom stereocenters. The number of hydrogen-bond acceptors (Lipinski definition) is 2. The molecule has 2 aromatic rings. The number of nitrogens with zero attached hydrogens (tertiary/aromatic N) is 1. The molecule has 0 saturated carbocycles. The van der Waals surface area contributed by atoms with Crippen molar-refractivity contribution in [2.24, 2.45) is 0 Å². The third kappa shape index (κ3) is 1.39. The summed E-state index contributed by atoms with van der Waals surface area (Å²) in [6, 6.07) is 9.81. The van der Waals surface area contributed by atoms with Gasteiger partial charge in [-0.25, -0.2) is 4.98 Å². The van der Waals surface area contributed by atoms with Gasteiger partial charge in [0, 0.05) is 12.3 Å². The molecule has 0 spiro atoms. The fourth-order valence-electron chi connectivity index (χ4n) is 1.58. The standard InChI is InChI=1S/C12H11NO/c1-8-7-10-5-3-4-6-11(10)13-12(8)9(2)14/h3-7H,1-2H3. The van der Waals surface area contributed by atoms with Gasteiger partial charge in [-0.05, 0) is 24.6 Å². The summed E-state index contributed by atoms with van der Waals surface area (Å²) in [6.07, 6.45) is 0. The lowest BCUT2D eigenvalue weighted by molar-refractivity contribution is 0.101. The van der Waals surface area contributed by atoms with Crippen LogP contribution in [0.4, 0.5) is 0 Å². The van der Waals surface area contributed by atoms with Gasteiger partial charge < -0.3 is 0 Å². The van der Waals surface area contributed by atoms with Gasteiger partial charge in [-0.3, -0.25) is 4.79 Å². The lowest BCUT2D eigenvalue weighted by Gasteiger charge is -2.03. The Balaban J connectivity index is 2.77. The molecule has 0 aliphatic rings. The first-order chi connectivity index (χ1) is 6.68. The molecule has 14 heavy (non-hydrogen) atoms. The minimum atomic E-state index is 0.0215. The normalized spacial score (nSPS) is 10.4. The number of carbonyl (C=O) groups excluding carboxylic acids is 1. The Morgan fingerprint density at radius 2 is 2.00 bits per heavy atom. The zero-order valence-corrected chi connectivity index (χ0v) is 8.24. The van der Waals surface area contributed by atoms with Crippen molar-refractivity contribution in [3.05, 3.63) is 41.6 Å². The van der Waals surface area contributed by atoms with E-state index in [-0.39, 0.29) is 5.78 Å². The molecule has 1 aromatic heterocycles. The van der Waals surface area contributed by atoms with E-state index in [1.807, 2.05) is 37.3 Å². The van der Waals surface area contributed by atoms with Gasteiger partial charge >= 0.3 is 0 Å². The minimum Gasteiger partial charge on any atom is -0.293 e. The van der Waals surface area contributed by atoms with E-state index in [4.69, 9.17) is 0 Å². The fourth-order valence-corrected chi connectivity index (χ4v) is 1.58. The lowest BCUT2D eigenvalue weighted by Crippen LogP contribution is -2.00. The first kappa shape index (κ1) is 8.88. The largest absolute Gasteiger partial charge is 0.293 e. The maximum absolute atomic E-state index is 11.2. The average molecular weight is 185 g/mol. The Labute approximate surface area is 82.6 Å². The summed E-state index contributed by atoms with van der Waals surface area (Å²) in [5.41, 5.74) is 2.39. The van der Waals surface area contributed by atoms with E-state index in [2.05, 4.69) is 4.98 Å². The van der Waals surface area contributed by atoms with Crippen LogP contribution in [0, 0.1) is 6.92 Å². The van der Waals surface area contributed by atoms with Crippen LogP contribution in [-0.2, 0) is 0 Å². The van der Waals surface area contributed by atoms with E-state index in [9.17, 15) is 4.79 Å². The van der Waals surface area contributed by atoms with E-state index < -0.39 is 0 Å². The van der Waals surface area contributed by atoms with Gasteiger partial charge in [-0.1, -0.05) is 18.2 Å². The van der Waals surface area contributed by atoms with Crippen LogP contribution in [0.15, 0.2) is 30.3 Å². The van der Waals surface area contributed by atoms with Crippen molar-refractivity contribution < 1.29 is 4.79 Å². The molecule has 0 aliphatic heterocycles. The van der Waals surface area contributed by atoms with Crippen molar-refractivity contribution in [2.45, 2.75) is 13.8 Å². The molecule has 0 aliphatic carbocycles. The van der Waals surface area contributed by atoms with Crippen LogP contribution in [-0.4, -0.2) is 10.8 Å². The SMILES string of the molecule is CC(=O)c1nc2ccccc2cc1C. The molecule has 0 fully saturated rings. The highest BCUT2D eigenvalue weighted by atomic mass is 16.1. The maximum atomic E-state index is 11.2. The molecular formula is C12H11NO. The van der Waals surface area contributed by atoms with Crippen molar-refractivity contribution >= 4 is 16.7 Å². The topological polar surface area (TPSA) is 30.0 Å². The predicted molar refractivity (Wildman–Crippen MR) is 56.5 cm³/mol. The average Bonchev–Trinajstić information content (AvgIpc) is 2.16. The second-order valence-corrected chi connectivity index (χ2v) is 3.40. The summed E-state index contributed by atoms with van der Waals surface area (Å²) in [6.45, 7) is 3.46. The van der Waals surface area contributed by atoms with E-state index in [1.54, 1.807) is 6.92 Å². The summed E-state index contributed by atoms with van der Waals surface area (Å²) >= 11 is 0. The molecule has 0 radical (unpaired) electrons. The van der Waals surface area contributed by atoms with Gasteiger partial charge in [0.1, 0.15) is 5.69 Å². The number of ketones is 1. The summed E-state index contributed by atoms with van der Waals surface area (Å²) < 4.78 is 0. The monoisotopic (exact) mass is 185 g/mol. The molecule has 2 nitrogen and oxygen atoms in total. The van der Waals surface area contributed by atoms with Crippen molar-refractivity contribution in [3.8, 4) is 0 Å². The first-order valence-corrected chi connectivity index (χ1v) is 4.56. The van der Waals surface area contributed by atoms with Gasteiger partial charge in [0.2, 0.25) is 0 Å². The molecule has 1 aromatic carbocycles. The first-order valence-electron chi connectivity index (χ1n) is 4.56. The lowest BCUT2D eigenvalue weighted by atomic mass is 10.1. The van der Waals surface area contributed by atoms with Crippen LogP contribution in [0.5, 0.6) is 0 Å². The van der Waals surface area contributed by atoms with E-state index >= 15 is 0 Å². The van der Waals surface area contributed by atoms with Crippen molar-refractivity contribution in [1.29, 1.82) is 0 Å². The van der Waals surface area contributed by atoms with Crippen molar-refractivity contribution in [3.63, 3.8) is 0 Å². The Morgan fingerprint density at radius 1 is 1.29 bits per heavy atom. The number of aromatic nitrogens is 1.